The van der Waals surface area contributed by atoms with Crippen LogP contribution in [0, 0.1) is 17.6 Å². The molecule has 0 bridgehead atoms. The molecule has 2 amide bonds. The summed E-state index contributed by atoms with van der Waals surface area (Å²) in [5.41, 5.74) is -0.699. The fourth-order valence-corrected chi connectivity index (χ4v) is 2.86. The van der Waals surface area contributed by atoms with Crippen LogP contribution in [-0.4, -0.2) is 31.0 Å². The summed E-state index contributed by atoms with van der Waals surface area (Å²) in [6.07, 6.45) is 1.38. The highest BCUT2D eigenvalue weighted by Crippen LogP contribution is 2.16. The number of rotatable bonds is 10. The summed E-state index contributed by atoms with van der Waals surface area (Å²) in [5.74, 6) is -2.87. The third-order valence-electron chi connectivity index (χ3n) is 4.38. The van der Waals surface area contributed by atoms with Crippen molar-refractivity contribution in [3.8, 4) is 5.75 Å². The van der Waals surface area contributed by atoms with Crippen molar-refractivity contribution < 1.29 is 23.1 Å². The Balaban J connectivity index is 1.78. The lowest BCUT2D eigenvalue weighted by molar-refractivity contribution is -0.123. The summed E-state index contributed by atoms with van der Waals surface area (Å²) >= 11 is 5.81. The second-order valence-corrected chi connectivity index (χ2v) is 7.53. The van der Waals surface area contributed by atoms with Gasteiger partial charge in [-0.25, -0.2) is 8.78 Å². The van der Waals surface area contributed by atoms with Crippen LogP contribution in [0.5, 0.6) is 5.75 Å². The van der Waals surface area contributed by atoms with Crippen LogP contribution in [0.4, 0.5) is 8.78 Å². The predicted molar refractivity (Wildman–Crippen MR) is 112 cm³/mol. The van der Waals surface area contributed by atoms with E-state index in [-0.39, 0.29) is 5.92 Å². The number of halogens is 3. The Morgan fingerprint density at radius 2 is 1.67 bits per heavy atom. The van der Waals surface area contributed by atoms with Gasteiger partial charge in [0.05, 0.1) is 6.61 Å². The molecule has 2 rings (SSSR count). The number of benzene rings is 2. The van der Waals surface area contributed by atoms with Gasteiger partial charge in [0.25, 0.3) is 5.91 Å². The lowest BCUT2D eigenvalue weighted by atomic mass is 10.0. The van der Waals surface area contributed by atoms with Crippen molar-refractivity contribution in [3.05, 3.63) is 64.7 Å². The number of unbranched alkanes of at least 4 members (excludes halogenated alkanes) is 1. The molecular formula is C22H25ClF2N2O3. The highest BCUT2D eigenvalue weighted by Gasteiger charge is 2.26. The van der Waals surface area contributed by atoms with E-state index in [0.29, 0.717) is 36.8 Å². The molecule has 0 heterocycles. The maximum absolute atomic E-state index is 13.8. The molecule has 5 nitrogen and oxygen atoms in total. The maximum atomic E-state index is 13.8. The quantitative estimate of drug-likeness (QED) is 0.542. The van der Waals surface area contributed by atoms with E-state index in [1.807, 2.05) is 0 Å². The van der Waals surface area contributed by atoms with Gasteiger partial charge in [0.2, 0.25) is 5.91 Å². The molecular weight excluding hydrogens is 414 g/mol. The van der Waals surface area contributed by atoms with Crippen molar-refractivity contribution in [2.24, 2.45) is 5.92 Å². The molecule has 0 saturated carbocycles. The van der Waals surface area contributed by atoms with Crippen LogP contribution < -0.4 is 15.4 Å². The number of ether oxygens (including phenoxy) is 1. The third kappa shape index (κ3) is 6.99. The zero-order valence-electron chi connectivity index (χ0n) is 16.9. The zero-order chi connectivity index (χ0) is 22.1. The molecule has 0 saturated heterocycles. The van der Waals surface area contributed by atoms with Crippen LogP contribution >= 0.6 is 11.6 Å². The molecule has 162 valence electrons. The summed E-state index contributed by atoms with van der Waals surface area (Å²) in [6.45, 7) is 4.34. The average Bonchev–Trinajstić information content (AvgIpc) is 2.69. The van der Waals surface area contributed by atoms with Gasteiger partial charge in [-0.15, -0.1) is 0 Å². The van der Waals surface area contributed by atoms with Crippen LogP contribution in [0.3, 0.4) is 0 Å². The smallest absolute Gasteiger partial charge is 0.257 e. The SMILES string of the molecule is CC(C)[C@H](NC(=O)c1c(F)cccc1F)C(=O)NCCCCOc1ccc(Cl)cc1. The van der Waals surface area contributed by atoms with Gasteiger partial charge in [0.15, 0.2) is 0 Å². The van der Waals surface area contributed by atoms with Crippen molar-refractivity contribution in [2.45, 2.75) is 32.7 Å². The van der Waals surface area contributed by atoms with Crippen LogP contribution in [-0.2, 0) is 4.79 Å². The molecule has 2 N–H and O–H groups in total. The number of nitrogens with one attached hydrogen (secondary N) is 2. The maximum Gasteiger partial charge on any atom is 0.257 e. The van der Waals surface area contributed by atoms with E-state index >= 15 is 0 Å². The van der Waals surface area contributed by atoms with E-state index in [0.717, 1.165) is 12.1 Å². The minimum absolute atomic E-state index is 0.267. The Morgan fingerprint density at radius 3 is 2.27 bits per heavy atom. The molecule has 0 radical (unpaired) electrons. The average molecular weight is 439 g/mol. The normalized spacial score (nSPS) is 11.8. The first-order valence-electron chi connectivity index (χ1n) is 9.70. The molecule has 0 aliphatic heterocycles. The Labute approximate surface area is 179 Å². The molecule has 0 aliphatic rings. The molecule has 1 atom stereocenters. The number of carbonyl (C=O) groups excluding carboxylic acids is 2. The molecule has 0 fully saturated rings. The summed E-state index contributed by atoms with van der Waals surface area (Å²) < 4.78 is 33.2. The lowest BCUT2D eigenvalue weighted by Gasteiger charge is -2.22. The van der Waals surface area contributed by atoms with E-state index in [4.69, 9.17) is 16.3 Å². The first-order chi connectivity index (χ1) is 14.3. The summed E-state index contributed by atoms with van der Waals surface area (Å²) in [4.78, 5) is 24.7. The van der Waals surface area contributed by atoms with Crippen molar-refractivity contribution in [3.63, 3.8) is 0 Å². The Bertz CT molecular complexity index is 840. The summed E-state index contributed by atoms with van der Waals surface area (Å²) in [5, 5.41) is 5.80. The largest absolute Gasteiger partial charge is 0.494 e. The summed E-state index contributed by atoms with van der Waals surface area (Å²) in [7, 11) is 0. The topological polar surface area (TPSA) is 67.4 Å². The fourth-order valence-electron chi connectivity index (χ4n) is 2.73. The molecule has 0 unspecified atom stereocenters. The molecule has 2 aromatic rings. The van der Waals surface area contributed by atoms with Crippen molar-refractivity contribution in [1.29, 1.82) is 0 Å². The van der Waals surface area contributed by atoms with Gasteiger partial charge >= 0.3 is 0 Å². The first-order valence-corrected chi connectivity index (χ1v) is 10.1. The fraction of sp³-hybridized carbons (Fsp3) is 0.364. The highest BCUT2D eigenvalue weighted by atomic mass is 35.5. The molecule has 0 aromatic heterocycles. The molecule has 2 aromatic carbocycles. The Hall–Kier alpha value is -2.67. The standard InChI is InChI=1S/C22H25ClF2N2O3/c1-14(2)20(27-21(28)19-17(24)6-5-7-18(19)25)22(29)26-12-3-4-13-30-16-10-8-15(23)9-11-16/h5-11,14,20H,3-4,12-13H2,1-2H3,(H,26,29)(H,27,28)/t20-/m0/s1. The van der Waals surface area contributed by atoms with Crippen molar-refractivity contribution in [1.82, 2.24) is 10.6 Å². The van der Waals surface area contributed by atoms with Gasteiger partial charge in [0.1, 0.15) is 29.0 Å². The van der Waals surface area contributed by atoms with Crippen molar-refractivity contribution >= 4 is 23.4 Å². The minimum atomic E-state index is -0.976. The van der Waals surface area contributed by atoms with E-state index in [2.05, 4.69) is 10.6 Å². The van der Waals surface area contributed by atoms with Crippen LogP contribution in [0.25, 0.3) is 0 Å². The minimum Gasteiger partial charge on any atom is -0.494 e. The zero-order valence-corrected chi connectivity index (χ0v) is 17.6. The van der Waals surface area contributed by atoms with Gasteiger partial charge in [0, 0.05) is 11.6 Å². The third-order valence-corrected chi connectivity index (χ3v) is 4.63. The van der Waals surface area contributed by atoms with Crippen LogP contribution in [0.1, 0.15) is 37.0 Å². The number of hydrogen-bond donors (Lipinski definition) is 2. The van der Waals surface area contributed by atoms with Gasteiger partial charge in [-0.05, 0) is 55.2 Å². The Kier molecular flexibility index (Phi) is 9.05. The van der Waals surface area contributed by atoms with Crippen LogP contribution in [0.15, 0.2) is 42.5 Å². The van der Waals surface area contributed by atoms with E-state index < -0.39 is 35.1 Å². The first kappa shape index (κ1) is 23.6. The highest BCUT2D eigenvalue weighted by molar-refractivity contribution is 6.30. The van der Waals surface area contributed by atoms with E-state index in [1.165, 1.54) is 6.07 Å². The lowest BCUT2D eigenvalue weighted by Crippen LogP contribution is -2.50. The predicted octanol–water partition coefficient (Wildman–Crippen LogP) is 4.35. The Morgan fingerprint density at radius 1 is 1.03 bits per heavy atom. The molecule has 8 heteroatoms. The second-order valence-electron chi connectivity index (χ2n) is 7.09. The van der Waals surface area contributed by atoms with Gasteiger partial charge < -0.3 is 15.4 Å². The molecule has 0 spiro atoms. The van der Waals surface area contributed by atoms with Crippen molar-refractivity contribution in [2.75, 3.05) is 13.2 Å². The number of amides is 2. The van der Waals surface area contributed by atoms with Gasteiger partial charge in [-0.2, -0.15) is 0 Å². The number of carbonyl (C=O) groups is 2. The molecule has 0 aliphatic carbocycles. The van der Waals surface area contributed by atoms with E-state index in [9.17, 15) is 18.4 Å². The second kappa shape index (κ2) is 11.5. The number of hydrogen-bond acceptors (Lipinski definition) is 3. The van der Waals surface area contributed by atoms with Gasteiger partial charge in [-0.3, -0.25) is 9.59 Å². The van der Waals surface area contributed by atoms with Crippen LogP contribution in [0.2, 0.25) is 5.02 Å². The monoisotopic (exact) mass is 438 g/mol. The molecule has 30 heavy (non-hydrogen) atoms. The van der Waals surface area contributed by atoms with Gasteiger partial charge in [-0.1, -0.05) is 31.5 Å². The van der Waals surface area contributed by atoms with E-state index in [1.54, 1.807) is 38.1 Å². The summed E-state index contributed by atoms with van der Waals surface area (Å²) in [6, 6.07) is 9.28.